The van der Waals surface area contributed by atoms with Crippen molar-refractivity contribution < 1.29 is 9.90 Å². The molecule has 98 valence electrons. The molecule has 1 amide bonds. The van der Waals surface area contributed by atoms with Crippen LogP contribution in [-0.4, -0.2) is 28.5 Å². The van der Waals surface area contributed by atoms with Crippen molar-refractivity contribution in [2.45, 2.75) is 32.7 Å². The van der Waals surface area contributed by atoms with Crippen LogP contribution >= 0.6 is 22.6 Å². The van der Waals surface area contributed by atoms with Crippen molar-refractivity contribution in [3.8, 4) is 5.75 Å². The van der Waals surface area contributed by atoms with Crippen molar-refractivity contribution >= 4 is 28.5 Å². The molecule has 1 aliphatic carbocycles. The number of nitrogens with zero attached hydrogens (tertiary/aromatic N) is 1. The Morgan fingerprint density at radius 3 is 2.67 bits per heavy atom. The summed E-state index contributed by atoms with van der Waals surface area (Å²) >= 11 is 2.05. The zero-order valence-electron chi connectivity index (χ0n) is 10.7. The van der Waals surface area contributed by atoms with E-state index in [0.717, 1.165) is 10.1 Å². The molecule has 18 heavy (non-hydrogen) atoms. The average Bonchev–Trinajstić information content (AvgIpc) is 3.12. The van der Waals surface area contributed by atoms with Crippen molar-refractivity contribution in [2.75, 3.05) is 6.54 Å². The molecule has 0 unspecified atom stereocenters. The van der Waals surface area contributed by atoms with Crippen molar-refractivity contribution in [1.29, 1.82) is 0 Å². The molecule has 0 aliphatic heterocycles. The molecule has 0 atom stereocenters. The van der Waals surface area contributed by atoms with Crippen LogP contribution < -0.4 is 0 Å². The second-order valence-corrected chi connectivity index (χ2v) is 6.32. The van der Waals surface area contributed by atoms with Crippen LogP contribution in [0.15, 0.2) is 18.2 Å². The lowest BCUT2D eigenvalue weighted by Gasteiger charge is -2.27. The van der Waals surface area contributed by atoms with Gasteiger partial charge in [0.25, 0.3) is 5.91 Å². The van der Waals surface area contributed by atoms with Gasteiger partial charge in [-0.1, -0.05) is 0 Å². The summed E-state index contributed by atoms with van der Waals surface area (Å²) in [7, 11) is 0. The zero-order valence-corrected chi connectivity index (χ0v) is 12.8. The first-order valence-electron chi connectivity index (χ1n) is 6.28. The molecule has 1 aliphatic rings. The van der Waals surface area contributed by atoms with Gasteiger partial charge in [-0.05, 0) is 73.4 Å². The normalized spacial score (nSPS) is 14.9. The number of halogens is 1. The number of hydrogen-bond donors (Lipinski definition) is 1. The predicted molar refractivity (Wildman–Crippen MR) is 79.7 cm³/mol. The highest BCUT2D eigenvalue weighted by atomic mass is 127. The molecule has 1 fully saturated rings. The molecule has 1 saturated carbocycles. The van der Waals surface area contributed by atoms with Crippen molar-refractivity contribution in [1.82, 2.24) is 4.90 Å². The summed E-state index contributed by atoms with van der Waals surface area (Å²) in [6, 6.07) is 5.32. The fourth-order valence-electron chi connectivity index (χ4n) is 1.92. The molecule has 0 radical (unpaired) electrons. The van der Waals surface area contributed by atoms with Gasteiger partial charge in [0.1, 0.15) is 5.75 Å². The Labute approximate surface area is 121 Å². The van der Waals surface area contributed by atoms with Crippen LogP contribution in [0.25, 0.3) is 0 Å². The van der Waals surface area contributed by atoms with Crippen LogP contribution in [0.1, 0.15) is 37.0 Å². The van der Waals surface area contributed by atoms with Crippen LogP contribution in [0.2, 0.25) is 0 Å². The van der Waals surface area contributed by atoms with Gasteiger partial charge in [-0.25, -0.2) is 0 Å². The van der Waals surface area contributed by atoms with E-state index in [1.165, 1.54) is 12.8 Å². The van der Waals surface area contributed by atoms with Crippen LogP contribution in [0.5, 0.6) is 5.75 Å². The minimum Gasteiger partial charge on any atom is -0.507 e. The Balaban J connectivity index is 2.18. The highest BCUT2D eigenvalue weighted by Crippen LogP contribution is 2.31. The molecular weight excluding hydrogens is 341 g/mol. The smallest absolute Gasteiger partial charge is 0.254 e. The zero-order chi connectivity index (χ0) is 13.3. The van der Waals surface area contributed by atoms with E-state index in [1.54, 1.807) is 18.2 Å². The van der Waals surface area contributed by atoms with Gasteiger partial charge in [-0.15, -0.1) is 0 Å². The Morgan fingerprint density at radius 1 is 1.50 bits per heavy atom. The molecule has 0 saturated heterocycles. The highest BCUT2D eigenvalue weighted by molar-refractivity contribution is 14.1. The number of phenolic OH excluding ortho intramolecular Hbond substituents is 1. The number of amides is 1. The summed E-state index contributed by atoms with van der Waals surface area (Å²) in [5.74, 6) is 0.869. The maximum Gasteiger partial charge on any atom is 0.254 e. The van der Waals surface area contributed by atoms with Crippen molar-refractivity contribution in [3.63, 3.8) is 0 Å². The lowest BCUT2D eigenvalue weighted by Crippen LogP contribution is -2.38. The number of benzene rings is 1. The maximum atomic E-state index is 12.4. The maximum absolute atomic E-state index is 12.4. The quantitative estimate of drug-likeness (QED) is 0.839. The van der Waals surface area contributed by atoms with Gasteiger partial charge in [0.15, 0.2) is 0 Å². The standard InChI is InChI=1S/C14H18INO2/c1-9(2)16(8-10-3-4-10)14(18)11-5-6-12(15)13(17)7-11/h5-7,9-10,17H,3-4,8H2,1-2H3. The minimum atomic E-state index is 0.0172. The minimum absolute atomic E-state index is 0.0172. The Hall–Kier alpha value is -0.780. The third-order valence-corrected chi connectivity index (χ3v) is 4.14. The van der Waals surface area contributed by atoms with Gasteiger partial charge in [-0.3, -0.25) is 4.79 Å². The number of carbonyl (C=O) groups excluding carboxylic acids is 1. The second-order valence-electron chi connectivity index (χ2n) is 5.16. The van der Waals surface area contributed by atoms with E-state index >= 15 is 0 Å². The number of aromatic hydroxyl groups is 1. The van der Waals surface area contributed by atoms with E-state index in [1.807, 2.05) is 18.7 Å². The van der Waals surface area contributed by atoms with E-state index in [0.29, 0.717) is 11.5 Å². The molecule has 1 aromatic carbocycles. The van der Waals surface area contributed by atoms with E-state index in [9.17, 15) is 9.90 Å². The molecule has 1 N–H and O–H groups in total. The molecule has 0 spiro atoms. The van der Waals surface area contributed by atoms with Gasteiger partial charge in [0, 0.05) is 18.2 Å². The van der Waals surface area contributed by atoms with Crippen LogP contribution in [0.3, 0.4) is 0 Å². The van der Waals surface area contributed by atoms with Crippen LogP contribution in [-0.2, 0) is 0 Å². The Morgan fingerprint density at radius 2 is 2.17 bits per heavy atom. The summed E-state index contributed by atoms with van der Waals surface area (Å²) in [4.78, 5) is 14.3. The van der Waals surface area contributed by atoms with Gasteiger partial charge >= 0.3 is 0 Å². The summed E-state index contributed by atoms with van der Waals surface area (Å²) in [6.45, 7) is 4.91. The molecule has 0 bridgehead atoms. The molecule has 4 heteroatoms. The monoisotopic (exact) mass is 359 g/mol. The number of carbonyl (C=O) groups is 1. The first kappa shape index (κ1) is 13.6. The van der Waals surface area contributed by atoms with E-state index in [2.05, 4.69) is 22.6 Å². The molecule has 2 rings (SSSR count). The van der Waals surface area contributed by atoms with Crippen molar-refractivity contribution in [2.24, 2.45) is 5.92 Å². The molecule has 1 aromatic rings. The fourth-order valence-corrected chi connectivity index (χ4v) is 2.25. The van der Waals surface area contributed by atoms with Crippen molar-refractivity contribution in [3.05, 3.63) is 27.3 Å². The summed E-state index contributed by atoms with van der Waals surface area (Å²) < 4.78 is 0.766. The SMILES string of the molecule is CC(C)N(CC1CC1)C(=O)c1ccc(I)c(O)c1. The molecule has 0 heterocycles. The summed E-state index contributed by atoms with van der Waals surface area (Å²) in [5.41, 5.74) is 0.572. The largest absolute Gasteiger partial charge is 0.507 e. The average molecular weight is 359 g/mol. The molecule has 3 nitrogen and oxygen atoms in total. The first-order chi connectivity index (χ1) is 8.49. The lowest BCUT2D eigenvalue weighted by atomic mass is 10.1. The highest BCUT2D eigenvalue weighted by Gasteiger charge is 2.28. The van der Waals surface area contributed by atoms with Crippen LogP contribution in [0, 0.1) is 9.49 Å². The number of rotatable bonds is 4. The van der Waals surface area contributed by atoms with E-state index in [-0.39, 0.29) is 17.7 Å². The van der Waals surface area contributed by atoms with E-state index in [4.69, 9.17) is 0 Å². The van der Waals surface area contributed by atoms with Crippen LogP contribution in [0.4, 0.5) is 0 Å². The second kappa shape index (κ2) is 5.47. The Bertz CT molecular complexity index is 455. The van der Waals surface area contributed by atoms with Gasteiger partial charge in [-0.2, -0.15) is 0 Å². The third-order valence-electron chi connectivity index (χ3n) is 3.23. The fraction of sp³-hybridized carbons (Fsp3) is 0.500. The van der Waals surface area contributed by atoms with E-state index < -0.39 is 0 Å². The van der Waals surface area contributed by atoms with Gasteiger partial charge in [0.2, 0.25) is 0 Å². The first-order valence-corrected chi connectivity index (χ1v) is 7.36. The summed E-state index contributed by atoms with van der Waals surface area (Å²) in [5, 5.41) is 9.69. The lowest BCUT2D eigenvalue weighted by molar-refractivity contribution is 0.0696. The number of phenols is 1. The summed E-state index contributed by atoms with van der Waals surface area (Å²) in [6.07, 6.45) is 2.46. The molecular formula is C14H18INO2. The number of hydrogen-bond acceptors (Lipinski definition) is 2. The Kier molecular flexibility index (Phi) is 4.14. The molecule has 0 aromatic heterocycles. The van der Waals surface area contributed by atoms with Gasteiger partial charge in [0.05, 0.1) is 3.57 Å². The third kappa shape index (κ3) is 3.16. The van der Waals surface area contributed by atoms with Gasteiger partial charge < -0.3 is 10.0 Å². The topological polar surface area (TPSA) is 40.5 Å². The predicted octanol–water partition coefficient (Wildman–Crippen LogP) is 3.26.